The van der Waals surface area contributed by atoms with E-state index in [1.54, 1.807) is 32.0 Å². The van der Waals surface area contributed by atoms with E-state index in [-0.39, 0.29) is 17.5 Å². The maximum absolute atomic E-state index is 10.9. The van der Waals surface area contributed by atoms with Crippen LogP contribution in [-0.2, 0) is 0 Å². The minimum absolute atomic E-state index is 0.0681. The molecule has 108 valence electrons. The molecule has 1 aromatic rings. The molecule has 0 fully saturated rings. The maximum atomic E-state index is 10.9. The number of nitrogens with one attached hydrogen (secondary N) is 1. The Morgan fingerprint density at radius 3 is 2.75 bits per heavy atom. The molecule has 1 aromatic carbocycles. The van der Waals surface area contributed by atoms with Gasteiger partial charge in [-0.05, 0) is 26.5 Å². The molecule has 0 aromatic heterocycles. The molecule has 0 aliphatic heterocycles. The van der Waals surface area contributed by atoms with Crippen molar-refractivity contribution in [3.63, 3.8) is 0 Å². The zero-order chi connectivity index (χ0) is 15.2. The highest BCUT2D eigenvalue weighted by Crippen LogP contribution is 2.28. The van der Waals surface area contributed by atoms with Gasteiger partial charge in [-0.15, -0.1) is 0 Å². The number of hydrogen-bond acceptors (Lipinski definition) is 5. The Morgan fingerprint density at radius 2 is 2.20 bits per heavy atom. The number of hydrogen-bond donors (Lipinski definition) is 1. The van der Waals surface area contributed by atoms with Gasteiger partial charge >= 0.3 is 5.69 Å². The summed E-state index contributed by atoms with van der Waals surface area (Å²) in [6, 6.07) is 8.44. The number of nitro benzene ring substituents is 1. The highest BCUT2D eigenvalue weighted by molar-refractivity contribution is 5.45. The topological polar surface area (TPSA) is 88.2 Å². The molecule has 0 aliphatic carbocycles. The van der Waals surface area contributed by atoms with Gasteiger partial charge in [-0.2, -0.15) is 5.26 Å². The van der Waals surface area contributed by atoms with Crippen LogP contribution in [0.1, 0.15) is 27.2 Å². The Bertz CT molecular complexity index is 513. The van der Waals surface area contributed by atoms with Crippen molar-refractivity contribution in [1.82, 2.24) is 5.32 Å². The lowest BCUT2D eigenvalue weighted by Crippen LogP contribution is -2.44. The predicted molar refractivity (Wildman–Crippen MR) is 75.5 cm³/mol. The van der Waals surface area contributed by atoms with E-state index in [0.29, 0.717) is 13.0 Å². The van der Waals surface area contributed by atoms with Crippen LogP contribution in [0.4, 0.5) is 5.69 Å². The number of nitrogens with zero attached hydrogens (tertiary/aromatic N) is 2. The summed E-state index contributed by atoms with van der Waals surface area (Å²) in [4.78, 5) is 10.4. The summed E-state index contributed by atoms with van der Waals surface area (Å²) in [5.74, 6) is 0.224. The monoisotopic (exact) mass is 277 g/mol. The summed E-state index contributed by atoms with van der Waals surface area (Å²) < 4.78 is 5.62. The van der Waals surface area contributed by atoms with Gasteiger partial charge in [0.2, 0.25) is 0 Å². The molecule has 0 heterocycles. The highest BCUT2D eigenvalue weighted by Gasteiger charge is 2.27. The van der Waals surface area contributed by atoms with Crippen LogP contribution < -0.4 is 10.1 Å². The smallest absolute Gasteiger partial charge is 0.310 e. The van der Waals surface area contributed by atoms with E-state index in [1.165, 1.54) is 6.07 Å². The van der Waals surface area contributed by atoms with Crippen LogP contribution in [0.15, 0.2) is 24.3 Å². The van der Waals surface area contributed by atoms with Gasteiger partial charge in [0.15, 0.2) is 5.75 Å². The minimum atomic E-state index is -0.711. The molecule has 0 radical (unpaired) electrons. The predicted octanol–water partition coefficient (Wildman–Crippen LogP) is 2.64. The van der Waals surface area contributed by atoms with E-state index in [1.807, 2.05) is 6.92 Å². The Hall–Kier alpha value is -2.13. The molecule has 0 saturated carbocycles. The van der Waals surface area contributed by atoms with Crippen LogP contribution in [0.3, 0.4) is 0 Å². The fraction of sp³-hybridized carbons (Fsp3) is 0.500. The quantitative estimate of drug-likeness (QED) is 0.611. The van der Waals surface area contributed by atoms with Gasteiger partial charge in [0, 0.05) is 12.5 Å². The summed E-state index contributed by atoms with van der Waals surface area (Å²) in [5, 5.41) is 23.2. The standard InChI is InChI=1S/C14H19N3O3/c1-4-16-14(3,10-15)9-11(2)20-13-8-6-5-7-12(13)17(18)19/h5-8,11,16H,4,9H2,1-3H3. The third kappa shape index (κ3) is 4.21. The van der Waals surface area contributed by atoms with Crippen molar-refractivity contribution in [2.75, 3.05) is 6.54 Å². The van der Waals surface area contributed by atoms with E-state index in [0.717, 1.165) is 0 Å². The average molecular weight is 277 g/mol. The molecule has 0 amide bonds. The SMILES string of the molecule is CCNC(C)(C#N)CC(C)Oc1ccccc1[N+](=O)[O-]. The van der Waals surface area contributed by atoms with Crippen molar-refractivity contribution in [3.8, 4) is 11.8 Å². The van der Waals surface area contributed by atoms with Crippen LogP contribution in [-0.4, -0.2) is 23.1 Å². The number of para-hydroxylation sites is 2. The molecule has 6 nitrogen and oxygen atoms in total. The van der Waals surface area contributed by atoms with Gasteiger partial charge in [0.1, 0.15) is 5.54 Å². The van der Waals surface area contributed by atoms with E-state index in [9.17, 15) is 15.4 Å². The first kappa shape index (κ1) is 15.9. The van der Waals surface area contributed by atoms with Gasteiger partial charge < -0.3 is 4.74 Å². The number of nitro groups is 1. The first-order valence-corrected chi connectivity index (χ1v) is 6.48. The molecule has 2 unspecified atom stereocenters. The van der Waals surface area contributed by atoms with Gasteiger partial charge in [-0.25, -0.2) is 0 Å². The zero-order valence-corrected chi connectivity index (χ0v) is 11.9. The van der Waals surface area contributed by atoms with E-state index in [4.69, 9.17) is 4.74 Å². The zero-order valence-electron chi connectivity index (χ0n) is 11.9. The summed E-state index contributed by atoms with van der Waals surface area (Å²) in [6.45, 7) is 6.17. The molecule has 0 saturated heterocycles. The Balaban J connectivity index is 2.79. The molecule has 0 spiro atoms. The van der Waals surface area contributed by atoms with Crippen LogP contribution >= 0.6 is 0 Å². The Kier molecular flexibility index (Phi) is 5.47. The fourth-order valence-corrected chi connectivity index (χ4v) is 2.09. The summed E-state index contributed by atoms with van der Waals surface area (Å²) in [7, 11) is 0. The van der Waals surface area contributed by atoms with Crippen LogP contribution in [0.5, 0.6) is 5.75 Å². The molecule has 0 bridgehead atoms. The van der Waals surface area contributed by atoms with Crippen molar-refractivity contribution in [2.45, 2.75) is 38.8 Å². The lowest BCUT2D eigenvalue weighted by Gasteiger charge is -2.26. The van der Waals surface area contributed by atoms with Gasteiger partial charge in [0.05, 0.1) is 17.1 Å². The van der Waals surface area contributed by atoms with Crippen molar-refractivity contribution in [3.05, 3.63) is 34.4 Å². The maximum Gasteiger partial charge on any atom is 0.310 e. The van der Waals surface area contributed by atoms with Crippen LogP contribution in [0.25, 0.3) is 0 Å². The lowest BCUT2D eigenvalue weighted by molar-refractivity contribution is -0.386. The Morgan fingerprint density at radius 1 is 1.55 bits per heavy atom. The molecule has 20 heavy (non-hydrogen) atoms. The molecular weight excluding hydrogens is 258 g/mol. The van der Waals surface area contributed by atoms with E-state index >= 15 is 0 Å². The van der Waals surface area contributed by atoms with Crippen molar-refractivity contribution in [2.24, 2.45) is 0 Å². The number of rotatable bonds is 7. The highest BCUT2D eigenvalue weighted by atomic mass is 16.6. The third-order valence-corrected chi connectivity index (χ3v) is 2.90. The number of nitriles is 1. The summed E-state index contributed by atoms with van der Waals surface area (Å²) in [6.07, 6.45) is 0.114. The summed E-state index contributed by atoms with van der Waals surface area (Å²) in [5.41, 5.74) is -0.779. The second kappa shape index (κ2) is 6.87. The Labute approximate surface area is 118 Å². The average Bonchev–Trinajstić information content (AvgIpc) is 2.39. The number of benzene rings is 1. The normalized spacial score (nSPS) is 14.9. The molecule has 6 heteroatoms. The van der Waals surface area contributed by atoms with Gasteiger partial charge in [-0.1, -0.05) is 19.1 Å². The fourth-order valence-electron chi connectivity index (χ4n) is 2.09. The molecule has 1 N–H and O–H groups in total. The number of ether oxygens (including phenoxy) is 1. The second-order valence-electron chi connectivity index (χ2n) is 4.83. The molecular formula is C14H19N3O3. The van der Waals surface area contributed by atoms with Gasteiger partial charge in [-0.3, -0.25) is 15.4 Å². The van der Waals surface area contributed by atoms with E-state index < -0.39 is 10.5 Å². The van der Waals surface area contributed by atoms with Crippen LogP contribution in [0.2, 0.25) is 0 Å². The molecule has 1 rings (SSSR count). The van der Waals surface area contributed by atoms with Crippen molar-refractivity contribution < 1.29 is 9.66 Å². The molecule has 2 atom stereocenters. The third-order valence-electron chi connectivity index (χ3n) is 2.90. The van der Waals surface area contributed by atoms with Crippen LogP contribution in [0, 0.1) is 21.4 Å². The first-order chi connectivity index (χ1) is 9.41. The second-order valence-corrected chi connectivity index (χ2v) is 4.83. The molecule has 0 aliphatic rings. The van der Waals surface area contributed by atoms with Crippen molar-refractivity contribution in [1.29, 1.82) is 5.26 Å². The van der Waals surface area contributed by atoms with Gasteiger partial charge in [0.25, 0.3) is 0 Å². The first-order valence-electron chi connectivity index (χ1n) is 6.48. The summed E-state index contributed by atoms with van der Waals surface area (Å²) >= 11 is 0. The van der Waals surface area contributed by atoms with E-state index in [2.05, 4.69) is 11.4 Å². The van der Waals surface area contributed by atoms with Crippen molar-refractivity contribution >= 4 is 5.69 Å². The minimum Gasteiger partial charge on any atom is -0.484 e. The largest absolute Gasteiger partial charge is 0.484 e. The lowest BCUT2D eigenvalue weighted by atomic mass is 9.96.